The fraction of sp³-hybridized carbons (Fsp3) is 0.0952. The number of hydrogen-bond donors (Lipinski definition) is 2. The Hall–Kier alpha value is -2.69. The van der Waals surface area contributed by atoms with E-state index in [9.17, 15) is 26.4 Å². The zero-order chi connectivity index (χ0) is 22.6. The van der Waals surface area contributed by atoms with Crippen LogP contribution in [0.1, 0.15) is 5.56 Å². The molecule has 0 spiro atoms. The van der Waals surface area contributed by atoms with Gasteiger partial charge in [-0.2, -0.15) is 4.72 Å². The maximum absolute atomic E-state index is 14.0. The van der Waals surface area contributed by atoms with Crippen molar-refractivity contribution in [2.75, 3.05) is 5.32 Å². The third-order valence-corrected chi connectivity index (χ3v) is 6.33. The van der Waals surface area contributed by atoms with E-state index in [4.69, 9.17) is 0 Å². The molecule has 1 amide bonds. The molecule has 0 aliphatic rings. The van der Waals surface area contributed by atoms with Crippen molar-refractivity contribution >= 4 is 37.5 Å². The predicted molar refractivity (Wildman–Crippen MR) is 113 cm³/mol. The monoisotopic (exact) mass is 512 g/mol. The average Bonchev–Trinajstić information content (AvgIpc) is 2.74. The summed E-state index contributed by atoms with van der Waals surface area (Å²) < 4.78 is 69.2. The number of rotatable bonds is 7. The molecule has 0 heterocycles. The molecule has 0 bridgehead atoms. The zero-order valence-corrected chi connectivity index (χ0v) is 18.2. The smallest absolute Gasteiger partial charge is 0.242 e. The van der Waals surface area contributed by atoms with Crippen LogP contribution in [-0.4, -0.2) is 20.4 Å². The highest BCUT2D eigenvalue weighted by Crippen LogP contribution is 2.21. The van der Waals surface area contributed by atoms with Gasteiger partial charge >= 0.3 is 0 Å². The molecule has 5 nitrogen and oxygen atoms in total. The number of halogens is 4. The van der Waals surface area contributed by atoms with Crippen LogP contribution in [0.4, 0.5) is 18.9 Å². The molecule has 0 saturated heterocycles. The fourth-order valence-corrected chi connectivity index (χ4v) is 4.21. The van der Waals surface area contributed by atoms with Gasteiger partial charge in [0.25, 0.3) is 0 Å². The van der Waals surface area contributed by atoms with Gasteiger partial charge in [-0.05, 0) is 48.4 Å². The summed E-state index contributed by atoms with van der Waals surface area (Å²) in [6, 6.07) is 14.4. The minimum absolute atomic E-state index is 0.0618. The Balaban J connectivity index is 1.89. The molecular weight excluding hydrogens is 497 g/mol. The third-order valence-electron chi connectivity index (χ3n) is 4.31. The third kappa shape index (κ3) is 5.72. The van der Waals surface area contributed by atoms with Crippen molar-refractivity contribution in [2.24, 2.45) is 0 Å². The van der Waals surface area contributed by atoms with Crippen LogP contribution in [0, 0.1) is 17.5 Å². The molecule has 3 aromatic carbocycles. The Bertz CT molecular complexity index is 1190. The quantitative estimate of drug-likeness (QED) is 0.461. The molecule has 0 radical (unpaired) electrons. The second-order valence-electron chi connectivity index (χ2n) is 6.53. The van der Waals surface area contributed by atoms with E-state index in [1.54, 1.807) is 30.3 Å². The fourth-order valence-electron chi connectivity index (χ4n) is 2.75. The highest BCUT2D eigenvalue weighted by atomic mass is 79.9. The van der Waals surface area contributed by atoms with E-state index in [0.29, 0.717) is 16.1 Å². The van der Waals surface area contributed by atoms with Crippen LogP contribution >= 0.6 is 15.9 Å². The number of carbonyl (C=O) groups excluding carboxylic acids is 1. The maximum atomic E-state index is 14.0. The summed E-state index contributed by atoms with van der Waals surface area (Å²) in [5.74, 6) is -5.67. The van der Waals surface area contributed by atoms with E-state index >= 15 is 0 Å². The second kappa shape index (κ2) is 9.63. The molecule has 3 aromatic rings. The van der Waals surface area contributed by atoms with Crippen molar-refractivity contribution in [3.8, 4) is 0 Å². The van der Waals surface area contributed by atoms with Gasteiger partial charge in [0.15, 0.2) is 17.5 Å². The first-order chi connectivity index (χ1) is 14.7. The normalized spacial score (nSPS) is 12.4. The van der Waals surface area contributed by atoms with Gasteiger partial charge in [-0.1, -0.05) is 46.3 Å². The summed E-state index contributed by atoms with van der Waals surface area (Å²) in [6.07, 6.45) is -0.0618. The molecule has 3 rings (SSSR count). The Kier molecular flexibility index (Phi) is 7.14. The molecule has 162 valence electrons. The first kappa shape index (κ1) is 23.0. The Morgan fingerprint density at radius 2 is 1.55 bits per heavy atom. The number of amides is 1. The summed E-state index contributed by atoms with van der Waals surface area (Å²) in [5, 5.41) is 2.13. The minimum atomic E-state index is -4.12. The van der Waals surface area contributed by atoms with Gasteiger partial charge in [-0.25, -0.2) is 21.6 Å². The van der Waals surface area contributed by atoms with Gasteiger partial charge in [-0.15, -0.1) is 0 Å². The lowest BCUT2D eigenvalue weighted by Crippen LogP contribution is -2.45. The van der Waals surface area contributed by atoms with Crippen molar-refractivity contribution in [2.45, 2.75) is 17.4 Å². The van der Waals surface area contributed by atoms with Gasteiger partial charge in [0.2, 0.25) is 15.9 Å². The van der Waals surface area contributed by atoms with Crippen LogP contribution in [0.2, 0.25) is 0 Å². The van der Waals surface area contributed by atoms with E-state index in [2.05, 4.69) is 26.0 Å². The van der Waals surface area contributed by atoms with Crippen molar-refractivity contribution in [1.29, 1.82) is 0 Å². The van der Waals surface area contributed by atoms with E-state index in [0.717, 1.165) is 6.07 Å². The zero-order valence-electron chi connectivity index (χ0n) is 15.8. The Labute approximate surface area is 185 Å². The Morgan fingerprint density at radius 3 is 2.19 bits per heavy atom. The number of hydrogen-bond acceptors (Lipinski definition) is 3. The second-order valence-corrected chi connectivity index (χ2v) is 9.16. The lowest BCUT2D eigenvalue weighted by molar-refractivity contribution is -0.117. The van der Waals surface area contributed by atoms with Crippen LogP contribution in [0.15, 0.2) is 76.1 Å². The molecule has 2 N–H and O–H groups in total. The average molecular weight is 513 g/mol. The molecule has 10 heteroatoms. The summed E-state index contributed by atoms with van der Waals surface area (Å²) >= 11 is 3.21. The first-order valence-electron chi connectivity index (χ1n) is 8.93. The van der Waals surface area contributed by atoms with Crippen molar-refractivity contribution in [3.05, 3.63) is 94.2 Å². The number of nitrogens with one attached hydrogen (secondary N) is 2. The van der Waals surface area contributed by atoms with Gasteiger partial charge in [0, 0.05) is 4.47 Å². The highest BCUT2D eigenvalue weighted by molar-refractivity contribution is 9.10. The van der Waals surface area contributed by atoms with Crippen LogP contribution in [0.3, 0.4) is 0 Å². The highest BCUT2D eigenvalue weighted by Gasteiger charge is 2.27. The summed E-state index contributed by atoms with van der Waals surface area (Å²) in [5.41, 5.74) is 0.0247. The molecule has 0 aromatic heterocycles. The van der Waals surface area contributed by atoms with Crippen molar-refractivity contribution < 1.29 is 26.4 Å². The van der Waals surface area contributed by atoms with E-state index < -0.39 is 45.1 Å². The minimum Gasteiger partial charge on any atom is -0.322 e. The summed E-state index contributed by atoms with van der Waals surface area (Å²) in [7, 11) is -4.12. The first-order valence-corrected chi connectivity index (χ1v) is 11.2. The van der Waals surface area contributed by atoms with E-state index in [1.165, 1.54) is 24.3 Å². The largest absolute Gasteiger partial charge is 0.322 e. The van der Waals surface area contributed by atoms with Gasteiger partial charge in [0.05, 0.1) is 10.6 Å². The van der Waals surface area contributed by atoms with Crippen molar-refractivity contribution in [3.63, 3.8) is 0 Å². The predicted octanol–water partition coefficient (Wildman–Crippen LogP) is 4.39. The number of anilines is 1. The summed E-state index contributed by atoms with van der Waals surface area (Å²) in [6.45, 7) is 0. The van der Waals surface area contributed by atoms with Gasteiger partial charge in [0.1, 0.15) is 6.04 Å². The van der Waals surface area contributed by atoms with E-state index in [1.807, 2.05) is 0 Å². The SMILES string of the molecule is O=C(Nc1ccc(F)c(F)c1F)[C@H](Cc1ccccc1)NS(=O)(=O)c1ccc(Br)cc1. The maximum Gasteiger partial charge on any atom is 0.242 e. The van der Waals surface area contributed by atoms with Crippen molar-refractivity contribution in [1.82, 2.24) is 4.72 Å². The van der Waals surface area contributed by atoms with Crippen LogP contribution < -0.4 is 10.0 Å². The van der Waals surface area contributed by atoms with Gasteiger partial charge in [-0.3, -0.25) is 4.79 Å². The number of carbonyl (C=O) groups is 1. The molecular formula is C21H16BrF3N2O3S. The molecule has 31 heavy (non-hydrogen) atoms. The Morgan fingerprint density at radius 1 is 0.903 bits per heavy atom. The van der Waals surface area contributed by atoms with Gasteiger partial charge < -0.3 is 5.32 Å². The standard InChI is InChI=1S/C21H16BrF3N2O3S/c22-14-6-8-15(9-7-14)31(29,30)27-18(12-13-4-2-1-3-5-13)21(28)26-17-11-10-16(23)19(24)20(17)25/h1-11,18,27H,12H2,(H,26,28)/t18-/m0/s1. The molecule has 0 aliphatic carbocycles. The molecule has 1 atom stereocenters. The molecule has 0 saturated carbocycles. The van der Waals surface area contributed by atoms with Crippen LogP contribution in [0.5, 0.6) is 0 Å². The lowest BCUT2D eigenvalue weighted by atomic mass is 10.1. The molecule has 0 fully saturated rings. The van der Waals surface area contributed by atoms with Crippen LogP contribution in [0.25, 0.3) is 0 Å². The van der Waals surface area contributed by atoms with Crippen LogP contribution in [-0.2, 0) is 21.2 Å². The van der Waals surface area contributed by atoms with E-state index in [-0.39, 0.29) is 11.3 Å². The molecule has 0 unspecified atom stereocenters. The summed E-state index contributed by atoms with van der Waals surface area (Å²) in [4.78, 5) is 12.7. The lowest BCUT2D eigenvalue weighted by Gasteiger charge is -2.19. The number of sulfonamides is 1. The topological polar surface area (TPSA) is 75.3 Å². The number of benzene rings is 3. The molecule has 0 aliphatic heterocycles.